The second kappa shape index (κ2) is 7.35. The topological polar surface area (TPSA) is 77.5 Å². The lowest BCUT2D eigenvalue weighted by molar-refractivity contribution is -0.112. The SMILES string of the molecule is COc1ccccc1Oc1ncccc1C(=O)N[C@H]1CCSC1=O. The monoisotopic (exact) mass is 344 g/mol. The van der Waals surface area contributed by atoms with Crippen molar-refractivity contribution in [3.63, 3.8) is 0 Å². The third kappa shape index (κ3) is 3.51. The molecular formula is C17H16N2O4S. The summed E-state index contributed by atoms with van der Waals surface area (Å²) in [6.45, 7) is 0. The average molecular weight is 344 g/mol. The molecule has 124 valence electrons. The molecule has 7 heteroatoms. The van der Waals surface area contributed by atoms with Gasteiger partial charge in [-0.3, -0.25) is 9.59 Å². The van der Waals surface area contributed by atoms with Crippen LogP contribution in [-0.2, 0) is 4.79 Å². The second-order valence-corrected chi connectivity index (χ2v) is 6.19. The molecule has 1 aliphatic heterocycles. The Balaban J connectivity index is 1.82. The van der Waals surface area contributed by atoms with E-state index in [0.717, 1.165) is 5.75 Å². The molecule has 1 amide bonds. The molecule has 1 N–H and O–H groups in total. The molecule has 3 rings (SSSR count). The van der Waals surface area contributed by atoms with Crippen molar-refractivity contribution in [2.45, 2.75) is 12.5 Å². The van der Waals surface area contributed by atoms with Crippen LogP contribution in [0, 0.1) is 0 Å². The van der Waals surface area contributed by atoms with Gasteiger partial charge in [-0.1, -0.05) is 23.9 Å². The third-order valence-corrected chi connectivity index (χ3v) is 4.54. The van der Waals surface area contributed by atoms with Crippen LogP contribution in [0.5, 0.6) is 17.4 Å². The van der Waals surface area contributed by atoms with Crippen molar-refractivity contribution in [1.29, 1.82) is 0 Å². The fourth-order valence-electron chi connectivity index (χ4n) is 2.32. The number of amides is 1. The minimum atomic E-state index is -0.457. The highest BCUT2D eigenvalue weighted by Gasteiger charge is 2.28. The minimum absolute atomic E-state index is 0.0144. The van der Waals surface area contributed by atoms with E-state index in [1.807, 2.05) is 6.07 Å². The van der Waals surface area contributed by atoms with Gasteiger partial charge in [-0.15, -0.1) is 0 Å². The van der Waals surface area contributed by atoms with Crippen LogP contribution in [0.3, 0.4) is 0 Å². The molecule has 24 heavy (non-hydrogen) atoms. The number of hydrogen-bond acceptors (Lipinski definition) is 6. The maximum absolute atomic E-state index is 12.5. The summed E-state index contributed by atoms with van der Waals surface area (Å²) in [6, 6.07) is 9.91. The number of nitrogens with zero attached hydrogens (tertiary/aromatic N) is 1. The predicted octanol–water partition coefficient (Wildman–Crippen LogP) is 2.64. The van der Waals surface area contributed by atoms with E-state index in [2.05, 4.69) is 10.3 Å². The Bertz CT molecular complexity index is 766. The van der Waals surface area contributed by atoms with E-state index in [0.29, 0.717) is 17.9 Å². The highest BCUT2D eigenvalue weighted by molar-refractivity contribution is 8.14. The Labute approximate surface area is 143 Å². The molecule has 1 saturated heterocycles. The predicted molar refractivity (Wildman–Crippen MR) is 90.6 cm³/mol. The molecule has 0 aliphatic carbocycles. The number of carbonyl (C=O) groups excluding carboxylic acids is 2. The fourth-order valence-corrected chi connectivity index (χ4v) is 3.25. The quantitative estimate of drug-likeness (QED) is 0.898. The zero-order valence-corrected chi connectivity index (χ0v) is 13.8. The first-order valence-corrected chi connectivity index (χ1v) is 8.41. The number of nitrogens with one attached hydrogen (secondary N) is 1. The Hall–Kier alpha value is -2.54. The molecule has 1 aromatic heterocycles. The number of benzene rings is 1. The summed E-state index contributed by atoms with van der Waals surface area (Å²) in [7, 11) is 1.54. The number of thioether (sulfide) groups is 1. The molecule has 1 atom stereocenters. The number of rotatable bonds is 5. The van der Waals surface area contributed by atoms with E-state index in [1.54, 1.807) is 30.3 Å². The van der Waals surface area contributed by atoms with Crippen LogP contribution in [0.25, 0.3) is 0 Å². The number of hydrogen-bond donors (Lipinski definition) is 1. The van der Waals surface area contributed by atoms with Gasteiger partial charge in [-0.05, 0) is 30.7 Å². The van der Waals surface area contributed by atoms with Crippen LogP contribution in [-0.4, -0.2) is 34.9 Å². The Morgan fingerprint density at radius 1 is 1.25 bits per heavy atom. The molecule has 2 heterocycles. The maximum atomic E-state index is 12.5. The maximum Gasteiger partial charge on any atom is 0.257 e. The van der Waals surface area contributed by atoms with Gasteiger partial charge in [0.2, 0.25) is 11.0 Å². The third-order valence-electron chi connectivity index (χ3n) is 3.53. The fraction of sp³-hybridized carbons (Fsp3) is 0.235. The zero-order valence-electron chi connectivity index (χ0n) is 13.0. The van der Waals surface area contributed by atoms with Gasteiger partial charge in [0.15, 0.2) is 11.5 Å². The Morgan fingerprint density at radius 3 is 2.75 bits per heavy atom. The second-order valence-electron chi connectivity index (χ2n) is 5.09. The largest absolute Gasteiger partial charge is 0.493 e. The lowest BCUT2D eigenvalue weighted by atomic mass is 10.2. The number of pyridine rings is 1. The van der Waals surface area contributed by atoms with E-state index in [-0.39, 0.29) is 22.5 Å². The molecule has 0 bridgehead atoms. The minimum Gasteiger partial charge on any atom is -0.493 e. The van der Waals surface area contributed by atoms with Crippen molar-refractivity contribution in [3.05, 3.63) is 48.2 Å². The highest BCUT2D eigenvalue weighted by atomic mass is 32.2. The van der Waals surface area contributed by atoms with Gasteiger partial charge in [0.25, 0.3) is 5.91 Å². The van der Waals surface area contributed by atoms with E-state index in [1.165, 1.54) is 25.1 Å². The molecule has 0 radical (unpaired) electrons. The van der Waals surface area contributed by atoms with Crippen LogP contribution < -0.4 is 14.8 Å². The highest BCUT2D eigenvalue weighted by Crippen LogP contribution is 2.31. The van der Waals surface area contributed by atoms with E-state index in [9.17, 15) is 9.59 Å². The van der Waals surface area contributed by atoms with Crippen molar-refractivity contribution in [2.24, 2.45) is 0 Å². The Kier molecular flexibility index (Phi) is 5.00. The molecule has 6 nitrogen and oxygen atoms in total. The van der Waals surface area contributed by atoms with Crippen LogP contribution in [0.4, 0.5) is 0 Å². The summed E-state index contributed by atoms with van der Waals surface area (Å²) in [6.07, 6.45) is 2.18. The van der Waals surface area contributed by atoms with E-state index >= 15 is 0 Å². The molecule has 0 spiro atoms. The summed E-state index contributed by atoms with van der Waals surface area (Å²) < 4.78 is 11.0. The van der Waals surface area contributed by atoms with Crippen molar-refractivity contribution < 1.29 is 19.1 Å². The van der Waals surface area contributed by atoms with Crippen molar-refractivity contribution >= 4 is 22.8 Å². The van der Waals surface area contributed by atoms with Gasteiger partial charge in [-0.2, -0.15) is 0 Å². The molecule has 0 unspecified atom stereocenters. The summed E-state index contributed by atoms with van der Waals surface area (Å²) in [5.41, 5.74) is 0.271. The Morgan fingerprint density at radius 2 is 2.04 bits per heavy atom. The molecule has 0 saturated carbocycles. The van der Waals surface area contributed by atoms with Crippen LogP contribution in [0.15, 0.2) is 42.6 Å². The molecule has 1 fully saturated rings. The number of carbonyl (C=O) groups is 2. The lowest BCUT2D eigenvalue weighted by Crippen LogP contribution is -2.37. The first-order chi connectivity index (χ1) is 11.7. The van der Waals surface area contributed by atoms with E-state index < -0.39 is 6.04 Å². The van der Waals surface area contributed by atoms with E-state index in [4.69, 9.17) is 9.47 Å². The summed E-state index contributed by atoms with van der Waals surface area (Å²) in [5, 5.41) is 2.72. The number of para-hydroxylation sites is 2. The van der Waals surface area contributed by atoms with Crippen LogP contribution >= 0.6 is 11.8 Å². The van der Waals surface area contributed by atoms with Gasteiger partial charge >= 0.3 is 0 Å². The number of methoxy groups -OCH3 is 1. The normalized spacial score (nSPS) is 16.7. The summed E-state index contributed by atoms with van der Waals surface area (Å²) in [4.78, 5) is 28.3. The van der Waals surface area contributed by atoms with Crippen molar-refractivity contribution in [3.8, 4) is 17.4 Å². The average Bonchev–Trinajstić information content (AvgIpc) is 3.00. The summed E-state index contributed by atoms with van der Waals surface area (Å²) >= 11 is 1.24. The molecule has 2 aromatic rings. The standard InChI is InChI=1S/C17H16N2O4S/c1-22-13-6-2-3-7-14(13)23-16-11(5-4-9-18-16)15(20)19-12-8-10-24-17(12)21/h2-7,9,12H,8,10H2,1H3,(H,19,20)/t12-/m0/s1. The molecule has 1 aliphatic rings. The first kappa shape index (κ1) is 16.3. The van der Waals surface area contributed by atoms with Gasteiger partial charge in [0.05, 0.1) is 13.2 Å². The molecule has 1 aromatic carbocycles. The van der Waals surface area contributed by atoms with Gasteiger partial charge < -0.3 is 14.8 Å². The van der Waals surface area contributed by atoms with Gasteiger partial charge in [0.1, 0.15) is 5.56 Å². The number of aromatic nitrogens is 1. The first-order valence-electron chi connectivity index (χ1n) is 7.42. The lowest BCUT2D eigenvalue weighted by Gasteiger charge is -2.14. The van der Waals surface area contributed by atoms with Gasteiger partial charge in [-0.25, -0.2) is 4.98 Å². The van der Waals surface area contributed by atoms with Crippen LogP contribution in [0.1, 0.15) is 16.8 Å². The van der Waals surface area contributed by atoms with Gasteiger partial charge in [0, 0.05) is 11.9 Å². The molecular weight excluding hydrogens is 328 g/mol. The zero-order chi connectivity index (χ0) is 16.9. The smallest absolute Gasteiger partial charge is 0.257 e. The van der Waals surface area contributed by atoms with Crippen molar-refractivity contribution in [2.75, 3.05) is 12.9 Å². The van der Waals surface area contributed by atoms with Crippen molar-refractivity contribution in [1.82, 2.24) is 10.3 Å². The summed E-state index contributed by atoms with van der Waals surface area (Å²) in [5.74, 6) is 1.50. The van der Waals surface area contributed by atoms with Crippen LogP contribution in [0.2, 0.25) is 0 Å². The number of ether oxygens (including phenoxy) is 2.